The number of sulfonamides is 1. The van der Waals surface area contributed by atoms with Crippen molar-refractivity contribution < 1.29 is 22.7 Å². The van der Waals surface area contributed by atoms with E-state index in [1.807, 2.05) is 30.5 Å². The fourth-order valence-electron chi connectivity index (χ4n) is 4.27. The Labute approximate surface area is 203 Å². The lowest BCUT2D eigenvalue weighted by Crippen LogP contribution is -2.42. The van der Waals surface area contributed by atoms with Crippen molar-refractivity contribution in [3.05, 3.63) is 46.8 Å². The predicted molar refractivity (Wildman–Crippen MR) is 132 cm³/mol. The smallest absolute Gasteiger partial charge is 0.252 e. The molecule has 0 aliphatic carbocycles. The molecule has 2 aromatic carbocycles. The van der Waals surface area contributed by atoms with Crippen molar-refractivity contribution in [2.45, 2.75) is 38.1 Å². The van der Waals surface area contributed by atoms with Crippen molar-refractivity contribution >= 4 is 37.5 Å². The van der Waals surface area contributed by atoms with Crippen LogP contribution >= 0.6 is 11.3 Å². The zero-order chi connectivity index (χ0) is 24.5. The number of piperidine rings is 1. The third kappa shape index (κ3) is 4.49. The Kier molecular flexibility index (Phi) is 7.11. The van der Waals surface area contributed by atoms with Crippen molar-refractivity contribution in [1.82, 2.24) is 8.87 Å². The number of carbonyl (C=O) groups excluding carboxylic acids is 1. The normalized spacial score (nSPS) is 17.8. The number of fused-ring (bicyclic) bond motifs is 1. The van der Waals surface area contributed by atoms with Crippen molar-refractivity contribution in [2.24, 2.45) is 10.9 Å². The van der Waals surface area contributed by atoms with Gasteiger partial charge < -0.3 is 14.0 Å². The van der Waals surface area contributed by atoms with Gasteiger partial charge in [-0.15, -0.1) is 0 Å². The van der Waals surface area contributed by atoms with E-state index in [0.29, 0.717) is 36.5 Å². The molecule has 0 N–H and O–H groups in total. The molecule has 1 saturated heterocycles. The Balaban J connectivity index is 1.64. The highest BCUT2D eigenvalue weighted by Gasteiger charge is 2.33. The second-order valence-electron chi connectivity index (χ2n) is 8.22. The number of nitrogens with zero attached hydrogens (tertiary/aromatic N) is 3. The first kappa shape index (κ1) is 24.4. The summed E-state index contributed by atoms with van der Waals surface area (Å²) < 4.78 is 41.4. The molecule has 1 unspecified atom stereocenters. The van der Waals surface area contributed by atoms with E-state index in [1.165, 1.54) is 34.9 Å². The maximum Gasteiger partial charge on any atom is 0.252 e. The fraction of sp³-hybridized carbons (Fsp3) is 0.417. The number of ether oxygens (including phenoxy) is 2. The molecule has 1 aliphatic rings. The Hall–Kier alpha value is -2.69. The fourth-order valence-corrected chi connectivity index (χ4v) is 6.98. The average Bonchev–Trinajstić information content (AvgIpc) is 3.23. The summed E-state index contributed by atoms with van der Waals surface area (Å²) in [5.41, 5.74) is 2.01. The molecule has 0 spiro atoms. The van der Waals surface area contributed by atoms with Crippen LogP contribution < -0.4 is 14.3 Å². The van der Waals surface area contributed by atoms with Crippen LogP contribution in [0.3, 0.4) is 0 Å². The van der Waals surface area contributed by atoms with E-state index in [2.05, 4.69) is 4.99 Å². The molecule has 4 rings (SSSR count). The summed E-state index contributed by atoms with van der Waals surface area (Å²) in [7, 11) is -0.549. The van der Waals surface area contributed by atoms with Gasteiger partial charge in [-0.05, 0) is 62.6 Å². The number of benzene rings is 2. The number of rotatable bonds is 6. The van der Waals surface area contributed by atoms with Gasteiger partial charge in [-0.3, -0.25) is 4.79 Å². The number of aromatic nitrogens is 1. The van der Waals surface area contributed by atoms with Gasteiger partial charge in [-0.2, -0.15) is 9.30 Å². The van der Waals surface area contributed by atoms with E-state index in [-0.39, 0.29) is 17.3 Å². The minimum absolute atomic E-state index is 0.121. The van der Waals surface area contributed by atoms with Crippen molar-refractivity contribution in [1.29, 1.82) is 0 Å². The van der Waals surface area contributed by atoms with Crippen LogP contribution in [0.1, 0.15) is 25.3 Å². The number of thiazole rings is 1. The molecule has 1 aromatic heterocycles. The van der Waals surface area contributed by atoms with Crippen LogP contribution in [0.5, 0.6) is 11.5 Å². The molecule has 3 aromatic rings. The highest BCUT2D eigenvalue weighted by atomic mass is 32.2. The lowest BCUT2D eigenvalue weighted by molar-refractivity contribution is -0.122. The Morgan fingerprint density at radius 3 is 2.53 bits per heavy atom. The van der Waals surface area contributed by atoms with Gasteiger partial charge in [0.25, 0.3) is 5.91 Å². The molecule has 182 valence electrons. The Morgan fingerprint density at radius 1 is 1.15 bits per heavy atom. The van der Waals surface area contributed by atoms with Crippen LogP contribution in [0, 0.1) is 12.8 Å². The minimum Gasteiger partial charge on any atom is -0.497 e. The van der Waals surface area contributed by atoms with Gasteiger partial charge >= 0.3 is 0 Å². The number of hydrogen-bond acceptors (Lipinski definition) is 6. The minimum atomic E-state index is -3.71. The molecule has 0 bridgehead atoms. The van der Waals surface area contributed by atoms with Crippen molar-refractivity contribution in [3.8, 4) is 11.5 Å². The molecular formula is C24H29N3O5S2. The molecule has 8 nitrogen and oxygen atoms in total. The quantitative estimate of drug-likeness (QED) is 0.513. The van der Waals surface area contributed by atoms with E-state index in [1.54, 1.807) is 19.2 Å². The molecule has 0 saturated carbocycles. The summed E-state index contributed by atoms with van der Waals surface area (Å²) in [6, 6.07) is 10.2. The van der Waals surface area contributed by atoms with E-state index in [4.69, 9.17) is 9.47 Å². The summed E-state index contributed by atoms with van der Waals surface area (Å²) in [6.07, 6.45) is 1.21. The summed E-state index contributed by atoms with van der Waals surface area (Å²) in [5, 5.41) is 0. The molecule has 34 heavy (non-hydrogen) atoms. The van der Waals surface area contributed by atoms with Crippen molar-refractivity contribution in [3.63, 3.8) is 0 Å². The van der Waals surface area contributed by atoms with Gasteiger partial charge in [0, 0.05) is 19.6 Å². The number of methoxy groups -OCH3 is 2. The van der Waals surface area contributed by atoms with Gasteiger partial charge in [0.2, 0.25) is 10.0 Å². The van der Waals surface area contributed by atoms with Gasteiger partial charge in [0.05, 0.1) is 29.7 Å². The second kappa shape index (κ2) is 9.89. The molecule has 1 aliphatic heterocycles. The second-order valence-corrected chi connectivity index (χ2v) is 11.1. The molecule has 10 heteroatoms. The molecule has 2 heterocycles. The standard InChI is InChI=1S/C24H29N3O5S2/c1-5-27-21-20(32-4)13-8-16(2)22(21)33-24(27)25-23(28)17-7-6-14-26(15-17)34(29,30)19-11-9-18(31-3)10-12-19/h8-13,17H,5-7,14-15H2,1-4H3. The number of carbonyl (C=O) groups is 1. The maximum absolute atomic E-state index is 13.2. The van der Waals surface area contributed by atoms with Gasteiger partial charge in [0.15, 0.2) is 4.80 Å². The predicted octanol–water partition coefficient (Wildman–Crippen LogP) is 3.58. The molecule has 1 amide bonds. The molecule has 0 radical (unpaired) electrons. The van der Waals surface area contributed by atoms with Crippen molar-refractivity contribution in [2.75, 3.05) is 27.3 Å². The maximum atomic E-state index is 13.2. The third-order valence-electron chi connectivity index (χ3n) is 6.16. The van der Waals surface area contributed by atoms with Crippen LogP contribution in [-0.4, -0.2) is 50.5 Å². The van der Waals surface area contributed by atoms with E-state index < -0.39 is 15.9 Å². The third-order valence-corrected chi connectivity index (χ3v) is 9.25. The highest BCUT2D eigenvalue weighted by Crippen LogP contribution is 2.31. The van der Waals surface area contributed by atoms with E-state index in [9.17, 15) is 13.2 Å². The molecule has 1 atom stereocenters. The monoisotopic (exact) mass is 503 g/mol. The molecular weight excluding hydrogens is 474 g/mol. The van der Waals surface area contributed by atoms with Crippen LogP contribution in [0.25, 0.3) is 10.2 Å². The van der Waals surface area contributed by atoms with Crippen LogP contribution in [-0.2, 0) is 21.4 Å². The summed E-state index contributed by atoms with van der Waals surface area (Å²) in [4.78, 5) is 18.5. The van der Waals surface area contributed by atoms with Gasteiger partial charge in [-0.1, -0.05) is 17.4 Å². The van der Waals surface area contributed by atoms with E-state index >= 15 is 0 Å². The summed E-state index contributed by atoms with van der Waals surface area (Å²) in [5.74, 6) is 0.547. The van der Waals surface area contributed by atoms with Crippen LogP contribution in [0.15, 0.2) is 46.3 Å². The number of amides is 1. The number of aryl methyl sites for hydroxylation is 2. The molecule has 1 fully saturated rings. The van der Waals surface area contributed by atoms with E-state index in [0.717, 1.165) is 21.5 Å². The van der Waals surface area contributed by atoms with Crippen LogP contribution in [0.4, 0.5) is 0 Å². The first-order chi connectivity index (χ1) is 16.3. The Morgan fingerprint density at radius 2 is 1.88 bits per heavy atom. The lowest BCUT2D eigenvalue weighted by atomic mass is 9.99. The zero-order valence-electron chi connectivity index (χ0n) is 19.8. The number of hydrogen-bond donors (Lipinski definition) is 0. The Bertz CT molecular complexity index is 1370. The first-order valence-corrected chi connectivity index (χ1v) is 13.5. The zero-order valence-corrected chi connectivity index (χ0v) is 21.4. The summed E-state index contributed by atoms with van der Waals surface area (Å²) >= 11 is 1.46. The van der Waals surface area contributed by atoms with Gasteiger partial charge in [0.1, 0.15) is 17.0 Å². The first-order valence-electron chi connectivity index (χ1n) is 11.2. The summed E-state index contributed by atoms with van der Waals surface area (Å²) in [6.45, 7) is 5.16. The highest BCUT2D eigenvalue weighted by molar-refractivity contribution is 7.89. The largest absolute Gasteiger partial charge is 0.497 e. The topological polar surface area (TPSA) is 90.2 Å². The average molecular weight is 504 g/mol. The lowest BCUT2D eigenvalue weighted by Gasteiger charge is -2.30. The SMILES string of the molecule is CCn1c(=NC(=O)C2CCCN(S(=O)(=O)c3ccc(OC)cc3)C2)sc2c(C)ccc(OC)c21. The van der Waals surface area contributed by atoms with Gasteiger partial charge in [-0.25, -0.2) is 8.42 Å². The van der Waals surface area contributed by atoms with Crippen LogP contribution in [0.2, 0.25) is 0 Å².